The highest BCUT2D eigenvalue weighted by Crippen LogP contribution is 2.35. The van der Waals surface area contributed by atoms with Crippen molar-refractivity contribution in [2.75, 3.05) is 13.6 Å². The molecule has 0 aliphatic carbocycles. The summed E-state index contributed by atoms with van der Waals surface area (Å²) in [6, 6.07) is 20.0. The quantitative estimate of drug-likeness (QED) is 0.156. The van der Waals surface area contributed by atoms with Gasteiger partial charge >= 0.3 is 0 Å². The number of aromatic nitrogens is 8. The van der Waals surface area contributed by atoms with Gasteiger partial charge in [0.25, 0.3) is 0 Å². The van der Waals surface area contributed by atoms with Gasteiger partial charge in [-0.2, -0.15) is 0 Å². The highest BCUT2D eigenvalue weighted by molar-refractivity contribution is 6.09. The van der Waals surface area contributed by atoms with Gasteiger partial charge in [-0.25, -0.2) is 9.36 Å². The van der Waals surface area contributed by atoms with E-state index in [9.17, 15) is 0 Å². The molecule has 0 atom stereocenters. The van der Waals surface area contributed by atoms with E-state index in [2.05, 4.69) is 48.4 Å². The van der Waals surface area contributed by atoms with E-state index < -0.39 is 0 Å². The summed E-state index contributed by atoms with van der Waals surface area (Å²) in [5, 5.41) is 19.7. The SMILES string of the molecule is Cc1nccc2c3ccc(OCc4cn(C/C=C/c5ccc6c(c5)OCO6)nn4)cc3n(Cc3cn(C/C=C/c4ccc5c(c4)OCO5)nn3)c12. The summed E-state index contributed by atoms with van der Waals surface area (Å²) in [5.74, 6) is 3.78. The maximum Gasteiger partial charge on any atom is 0.231 e. The predicted molar refractivity (Wildman–Crippen MR) is 189 cm³/mol. The molecule has 7 aromatic rings. The Bertz CT molecular complexity index is 2460. The van der Waals surface area contributed by atoms with Gasteiger partial charge in [-0.1, -0.05) is 46.9 Å². The lowest BCUT2D eigenvalue weighted by Crippen LogP contribution is -2.02. The molecule has 2 aliphatic heterocycles. The van der Waals surface area contributed by atoms with Crippen LogP contribution in [0.4, 0.5) is 0 Å². The molecule has 0 amide bonds. The van der Waals surface area contributed by atoms with E-state index in [1.165, 1.54) is 0 Å². The number of nitrogens with zero attached hydrogens (tertiary/aromatic N) is 8. The van der Waals surface area contributed by atoms with Crippen LogP contribution in [0.15, 0.2) is 91.4 Å². The van der Waals surface area contributed by atoms with Crippen molar-refractivity contribution in [2.24, 2.45) is 0 Å². The summed E-state index contributed by atoms with van der Waals surface area (Å²) in [7, 11) is 0. The minimum absolute atomic E-state index is 0.258. The van der Waals surface area contributed by atoms with Crippen molar-refractivity contribution in [1.82, 2.24) is 39.5 Å². The molecule has 0 radical (unpaired) electrons. The van der Waals surface area contributed by atoms with Gasteiger partial charge in [-0.15, -0.1) is 10.2 Å². The van der Waals surface area contributed by atoms with Gasteiger partial charge in [0.2, 0.25) is 13.6 Å². The Kier molecular flexibility index (Phi) is 7.76. The summed E-state index contributed by atoms with van der Waals surface area (Å²) in [6.07, 6.45) is 13.8. The highest BCUT2D eigenvalue weighted by atomic mass is 16.7. The highest BCUT2D eigenvalue weighted by Gasteiger charge is 2.17. The standard InChI is InChI=1S/C38H32N8O5/c1-25-38-32(12-13-39-25)31-9-8-30(47-22-29-20-45(43-41-29)15-3-5-27-7-11-35-37(17-27)51-24-49-35)18-33(31)46(38)21-28-19-44(42-40-28)14-2-4-26-6-10-34-36(16-26)50-23-48-34/h2-13,16-20H,14-15,21-24H2,1H3/b4-2+,5-3+. The van der Waals surface area contributed by atoms with Crippen LogP contribution in [0.5, 0.6) is 28.7 Å². The van der Waals surface area contributed by atoms with Crippen LogP contribution in [0.25, 0.3) is 34.0 Å². The topological polar surface area (TPSA) is 125 Å². The number of aryl methyl sites for hydroxylation is 1. The van der Waals surface area contributed by atoms with Crippen LogP contribution in [0, 0.1) is 6.92 Å². The van der Waals surface area contributed by atoms with E-state index in [4.69, 9.17) is 23.7 Å². The Labute approximate surface area is 291 Å². The fourth-order valence-corrected chi connectivity index (χ4v) is 6.39. The summed E-state index contributed by atoms with van der Waals surface area (Å²) in [6.45, 7) is 4.50. The van der Waals surface area contributed by atoms with Gasteiger partial charge in [0, 0.05) is 23.0 Å². The van der Waals surface area contributed by atoms with Gasteiger partial charge in [0.1, 0.15) is 23.7 Å². The lowest BCUT2D eigenvalue weighted by Gasteiger charge is -2.08. The van der Waals surface area contributed by atoms with Crippen molar-refractivity contribution >= 4 is 34.0 Å². The lowest BCUT2D eigenvalue weighted by molar-refractivity contribution is 0.173. The first-order valence-electron chi connectivity index (χ1n) is 16.5. The third-order valence-corrected chi connectivity index (χ3v) is 8.81. The second-order valence-electron chi connectivity index (χ2n) is 12.2. The molecule has 51 heavy (non-hydrogen) atoms. The number of rotatable bonds is 11. The first-order chi connectivity index (χ1) is 25.1. The Balaban J connectivity index is 0.886. The van der Waals surface area contributed by atoms with E-state index in [1.54, 1.807) is 4.68 Å². The number of hydrogen-bond donors (Lipinski definition) is 0. The second-order valence-corrected chi connectivity index (χ2v) is 12.2. The van der Waals surface area contributed by atoms with Crippen molar-refractivity contribution in [3.8, 4) is 28.7 Å². The van der Waals surface area contributed by atoms with Crippen LogP contribution in [-0.2, 0) is 26.2 Å². The monoisotopic (exact) mass is 680 g/mol. The molecular weight excluding hydrogens is 648 g/mol. The van der Waals surface area contributed by atoms with Crippen molar-refractivity contribution in [1.29, 1.82) is 0 Å². The number of ether oxygens (including phenoxy) is 5. The lowest BCUT2D eigenvalue weighted by atomic mass is 10.1. The zero-order valence-corrected chi connectivity index (χ0v) is 27.7. The Morgan fingerprint density at radius 2 is 1.35 bits per heavy atom. The zero-order chi connectivity index (χ0) is 34.1. The largest absolute Gasteiger partial charge is 0.487 e. The van der Waals surface area contributed by atoms with E-state index in [1.807, 2.05) is 97.0 Å². The molecule has 13 heteroatoms. The van der Waals surface area contributed by atoms with E-state index >= 15 is 0 Å². The molecule has 13 nitrogen and oxygen atoms in total. The molecule has 0 N–H and O–H groups in total. The number of pyridine rings is 1. The molecule has 0 unspecified atom stereocenters. The zero-order valence-electron chi connectivity index (χ0n) is 27.7. The maximum atomic E-state index is 6.23. The van der Waals surface area contributed by atoms with E-state index in [-0.39, 0.29) is 20.2 Å². The summed E-state index contributed by atoms with van der Waals surface area (Å²) < 4.78 is 33.8. The minimum atomic E-state index is 0.258. The van der Waals surface area contributed by atoms with Gasteiger partial charge in [-0.3, -0.25) is 4.98 Å². The van der Waals surface area contributed by atoms with Crippen molar-refractivity contribution < 1.29 is 23.7 Å². The van der Waals surface area contributed by atoms with Crippen LogP contribution < -0.4 is 23.7 Å². The average molecular weight is 681 g/mol. The molecule has 0 saturated heterocycles. The average Bonchev–Trinajstić information content (AvgIpc) is 3.99. The van der Waals surface area contributed by atoms with Crippen molar-refractivity contribution in [3.05, 3.63) is 120 Å². The smallest absolute Gasteiger partial charge is 0.231 e. The minimum Gasteiger partial charge on any atom is -0.487 e. The normalized spacial score (nSPS) is 13.4. The molecule has 3 aromatic carbocycles. The molecule has 0 saturated carbocycles. The second kappa shape index (κ2) is 13.0. The Morgan fingerprint density at radius 3 is 2.06 bits per heavy atom. The van der Waals surface area contributed by atoms with Crippen LogP contribution in [0.2, 0.25) is 0 Å². The molecule has 4 aromatic heterocycles. The summed E-state index contributed by atoms with van der Waals surface area (Å²) >= 11 is 0. The fraction of sp³-hybridized carbons (Fsp3) is 0.184. The maximum absolute atomic E-state index is 6.23. The molecule has 6 heterocycles. The Hall–Kier alpha value is -6.63. The van der Waals surface area contributed by atoms with E-state index in [0.717, 1.165) is 78.8 Å². The van der Waals surface area contributed by atoms with Crippen LogP contribution in [-0.4, -0.2) is 53.1 Å². The van der Waals surface area contributed by atoms with Crippen LogP contribution >= 0.6 is 0 Å². The number of allylic oxidation sites excluding steroid dienone is 2. The third-order valence-electron chi connectivity index (χ3n) is 8.81. The molecule has 254 valence electrons. The Morgan fingerprint density at radius 1 is 0.706 bits per heavy atom. The molecule has 2 aliphatic rings. The van der Waals surface area contributed by atoms with Crippen LogP contribution in [0.3, 0.4) is 0 Å². The van der Waals surface area contributed by atoms with Gasteiger partial charge in [0.05, 0.1) is 48.8 Å². The number of benzene rings is 3. The van der Waals surface area contributed by atoms with Crippen molar-refractivity contribution in [2.45, 2.75) is 33.2 Å². The van der Waals surface area contributed by atoms with Gasteiger partial charge in [-0.05, 0) is 60.5 Å². The van der Waals surface area contributed by atoms with E-state index in [0.29, 0.717) is 19.6 Å². The van der Waals surface area contributed by atoms with Gasteiger partial charge < -0.3 is 28.3 Å². The molecule has 0 fully saturated rings. The van der Waals surface area contributed by atoms with Crippen LogP contribution in [0.1, 0.15) is 28.2 Å². The first-order valence-corrected chi connectivity index (χ1v) is 16.5. The van der Waals surface area contributed by atoms with Crippen molar-refractivity contribution in [3.63, 3.8) is 0 Å². The first kappa shape index (κ1) is 30.4. The molecule has 9 rings (SSSR count). The molecule has 0 bridgehead atoms. The predicted octanol–water partition coefficient (Wildman–Crippen LogP) is 6.19. The van der Waals surface area contributed by atoms with Gasteiger partial charge in [0.15, 0.2) is 23.0 Å². The molecule has 0 spiro atoms. The number of hydrogen-bond acceptors (Lipinski definition) is 10. The third kappa shape index (κ3) is 6.21. The molecular formula is C38H32N8O5. The number of fused-ring (bicyclic) bond motifs is 5. The summed E-state index contributed by atoms with van der Waals surface area (Å²) in [5.41, 5.74) is 6.64. The summed E-state index contributed by atoms with van der Waals surface area (Å²) in [4.78, 5) is 4.60. The fourth-order valence-electron chi connectivity index (χ4n) is 6.39.